The zero-order valence-electron chi connectivity index (χ0n) is 27.6. The molecular weight excluding hydrogens is 900 g/mol. The lowest BCUT2D eigenvalue weighted by molar-refractivity contribution is 0.0433. The summed E-state index contributed by atoms with van der Waals surface area (Å²) in [6, 6.07) is 0. The van der Waals surface area contributed by atoms with Crippen LogP contribution in [-0.2, 0) is 5.92 Å². The van der Waals surface area contributed by atoms with Crippen LogP contribution in [-0.4, -0.2) is 7.12 Å². The van der Waals surface area contributed by atoms with E-state index in [1.165, 1.54) is 0 Å². The second-order valence-electron chi connectivity index (χ2n) is 12.6. The van der Waals surface area contributed by atoms with Crippen LogP contribution in [0.2, 0.25) is 0 Å². The molecule has 316 valence electrons. The third-order valence-electron chi connectivity index (χ3n) is 9.54. The minimum Gasteiger partial charge on any atom is -0.519 e. The molecule has 0 atom stereocenters. The van der Waals surface area contributed by atoms with Gasteiger partial charge in [0, 0.05) is 27.5 Å². The molecule has 0 unspecified atom stereocenters. The second kappa shape index (κ2) is 13.1. The highest BCUT2D eigenvalue weighted by Gasteiger charge is 2.57. The van der Waals surface area contributed by atoms with Crippen LogP contribution < -0.4 is 14.8 Å². The summed E-state index contributed by atoms with van der Waals surface area (Å²) >= 11 is 0. The third-order valence-corrected chi connectivity index (χ3v) is 9.54. The topological polar surface area (TPSA) is 18.5 Å². The average Bonchev–Trinajstić information content (AvgIpc) is 3.46. The van der Waals surface area contributed by atoms with E-state index in [9.17, 15) is 48.3 Å². The van der Waals surface area contributed by atoms with E-state index in [0.717, 1.165) is 0 Å². The van der Waals surface area contributed by atoms with Crippen LogP contribution in [0.3, 0.4) is 0 Å². The molecule has 2 nitrogen and oxygen atoms in total. The van der Waals surface area contributed by atoms with Gasteiger partial charge in [-0.25, -0.2) is 79.0 Å². The molecule has 8 rings (SSSR count). The molecule has 0 saturated heterocycles. The maximum absolute atomic E-state index is 16.2. The molecule has 0 bridgehead atoms. The molecule has 0 aromatic heterocycles. The Balaban J connectivity index is 1.55. The van der Waals surface area contributed by atoms with Crippen molar-refractivity contribution in [3.05, 3.63) is 133 Å². The molecule has 26 heteroatoms. The Labute approximate surface area is 317 Å². The summed E-state index contributed by atoms with van der Waals surface area (Å²) in [6.07, 6.45) is 0. The Morgan fingerprint density at radius 1 is 0.262 bits per heavy atom. The maximum Gasteiger partial charge on any atom is 0.636 e. The molecule has 0 aliphatic heterocycles. The average molecular weight is 900 g/mol. The minimum atomic E-state index is -5.88. The first-order valence-corrected chi connectivity index (χ1v) is 15.5. The molecule has 0 fully saturated rings. The lowest BCUT2D eigenvalue weighted by Gasteiger charge is -2.25. The normalized spacial score (nSPS) is 13.3. The Morgan fingerprint density at radius 3 is 1.05 bits per heavy atom. The molecule has 7 aromatic carbocycles. The van der Waals surface area contributed by atoms with Crippen molar-refractivity contribution < 1.29 is 110 Å². The summed E-state index contributed by atoms with van der Waals surface area (Å²) in [5, 5.41) is -13.1. The van der Waals surface area contributed by atoms with Gasteiger partial charge in [-0.3, -0.25) is 0 Å². The summed E-state index contributed by atoms with van der Waals surface area (Å²) in [7, 11) is -4.43. The van der Waals surface area contributed by atoms with Gasteiger partial charge in [0.25, 0.3) is 0 Å². The van der Waals surface area contributed by atoms with Gasteiger partial charge in [0.2, 0.25) is 29.1 Å². The molecule has 7 aromatic rings. The van der Waals surface area contributed by atoms with Crippen LogP contribution in [0.15, 0.2) is 0 Å². The molecule has 0 saturated carbocycles. The van der Waals surface area contributed by atoms with Crippen molar-refractivity contribution in [2.45, 2.75) is 5.92 Å². The zero-order chi connectivity index (χ0) is 45.1. The number of hydrogen-bond donors (Lipinski definition) is 0. The van der Waals surface area contributed by atoms with Crippen molar-refractivity contribution in [3.63, 3.8) is 0 Å². The van der Waals surface area contributed by atoms with Crippen LogP contribution in [0.4, 0.5) is 101 Å². The first-order chi connectivity index (χ1) is 28.3. The van der Waals surface area contributed by atoms with Gasteiger partial charge in [-0.1, -0.05) is 0 Å². The highest BCUT2D eigenvalue weighted by Crippen LogP contribution is 2.55. The number of halogens is 23. The van der Waals surface area contributed by atoms with Gasteiger partial charge in [0.05, 0.1) is 32.6 Å². The van der Waals surface area contributed by atoms with Crippen molar-refractivity contribution in [2.24, 2.45) is 0 Å². The van der Waals surface area contributed by atoms with Crippen molar-refractivity contribution in [3.8, 4) is 22.6 Å². The van der Waals surface area contributed by atoms with E-state index < -0.39 is 207 Å². The highest BCUT2D eigenvalue weighted by atomic mass is 19.3. The monoisotopic (exact) mass is 900 g/mol. The van der Waals surface area contributed by atoms with Gasteiger partial charge in [-0.2, -0.15) is 22.0 Å². The van der Waals surface area contributed by atoms with Gasteiger partial charge >= 0.3 is 13.0 Å². The third kappa shape index (κ3) is 4.97. The summed E-state index contributed by atoms with van der Waals surface area (Å²) < 4.78 is 357. The van der Waals surface area contributed by atoms with Crippen LogP contribution in [0.5, 0.6) is 11.5 Å². The Morgan fingerprint density at radius 2 is 0.557 bits per heavy atom. The van der Waals surface area contributed by atoms with Crippen LogP contribution in [0, 0.1) is 122 Å². The summed E-state index contributed by atoms with van der Waals surface area (Å²) in [5.41, 5.74) is -13.8. The number of alkyl halides is 2. The maximum atomic E-state index is 16.2. The molecule has 0 heterocycles. The summed E-state index contributed by atoms with van der Waals surface area (Å²) in [6.45, 7) is 0. The number of benzene rings is 7. The van der Waals surface area contributed by atoms with Crippen molar-refractivity contribution >= 4 is 44.9 Å². The number of rotatable bonds is 5. The van der Waals surface area contributed by atoms with Gasteiger partial charge in [0.1, 0.15) is 0 Å². The SMILES string of the molecule is Fc1c(F)c(F)c(OB(Oc2c(F)c(F)c3c(F)c(F)c4c(F)c(F)c(F)c5c(F)c(F)c2c3c45)c2c(F)c(F)c(F)c3c2C(F)(F)c2c(F)c(F)c(F)c(F)c2-3)c(F)c1F. The smallest absolute Gasteiger partial charge is 0.519 e. The largest absolute Gasteiger partial charge is 0.636 e. The van der Waals surface area contributed by atoms with Crippen molar-refractivity contribution in [1.29, 1.82) is 0 Å². The lowest BCUT2D eigenvalue weighted by atomic mass is 9.72. The fraction of sp³-hybridized carbons (Fsp3) is 0.0286. The molecule has 0 spiro atoms. The van der Waals surface area contributed by atoms with Gasteiger partial charge < -0.3 is 9.31 Å². The Bertz CT molecular complexity index is 3150. The number of hydrogen-bond acceptors (Lipinski definition) is 2. The molecule has 0 N–H and O–H groups in total. The van der Waals surface area contributed by atoms with Crippen molar-refractivity contribution in [1.82, 2.24) is 0 Å². The first-order valence-electron chi connectivity index (χ1n) is 15.5. The lowest BCUT2D eigenvalue weighted by Crippen LogP contribution is -2.49. The zero-order valence-corrected chi connectivity index (χ0v) is 27.6. The van der Waals surface area contributed by atoms with Gasteiger partial charge in [-0.05, 0) is 0 Å². The Kier molecular flexibility index (Phi) is 8.86. The Hall–Kier alpha value is -6.37. The van der Waals surface area contributed by atoms with Crippen molar-refractivity contribution in [2.75, 3.05) is 0 Å². The van der Waals surface area contributed by atoms with E-state index in [2.05, 4.69) is 9.31 Å². The fourth-order valence-corrected chi connectivity index (χ4v) is 7.00. The van der Waals surface area contributed by atoms with E-state index in [1.807, 2.05) is 0 Å². The van der Waals surface area contributed by atoms with E-state index in [1.54, 1.807) is 0 Å². The van der Waals surface area contributed by atoms with Crippen LogP contribution in [0.25, 0.3) is 43.4 Å². The number of fused-ring (bicyclic) bond motifs is 3. The van der Waals surface area contributed by atoms with Gasteiger partial charge in [-0.15, -0.1) is 0 Å². The summed E-state index contributed by atoms with van der Waals surface area (Å²) in [5.74, 6) is -75.5. The highest BCUT2D eigenvalue weighted by molar-refractivity contribution is 6.64. The first kappa shape index (κ1) is 41.4. The predicted octanol–water partition coefficient (Wildman–Crippen LogP) is 11.5. The predicted molar refractivity (Wildman–Crippen MR) is 157 cm³/mol. The summed E-state index contributed by atoms with van der Waals surface area (Å²) in [4.78, 5) is 0. The molecule has 0 amide bonds. The fourth-order valence-electron chi connectivity index (χ4n) is 7.00. The van der Waals surface area contributed by atoms with E-state index >= 15 is 52.7 Å². The van der Waals surface area contributed by atoms with E-state index in [0.29, 0.717) is 0 Å². The molecule has 0 radical (unpaired) electrons. The minimum absolute atomic E-state index is 1.96. The quantitative estimate of drug-likeness (QED) is 0.0563. The molecular formula is C35BF23O2. The molecule has 1 aliphatic rings. The second-order valence-corrected chi connectivity index (χ2v) is 12.6. The van der Waals surface area contributed by atoms with Crippen LogP contribution in [0.1, 0.15) is 11.1 Å². The van der Waals surface area contributed by atoms with Gasteiger partial charge in [0.15, 0.2) is 105 Å². The molecule has 61 heavy (non-hydrogen) atoms. The van der Waals surface area contributed by atoms with E-state index in [4.69, 9.17) is 0 Å². The van der Waals surface area contributed by atoms with Crippen LogP contribution >= 0.6 is 0 Å². The van der Waals surface area contributed by atoms with E-state index in [-0.39, 0.29) is 0 Å². The molecule has 1 aliphatic carbocycles. The standard InChI is InChI=1S/C35BF23O2/c37-12-3-4-10(21(46)26(51)25(50)13(4)38)35(58,59)9(3)11(22(47)24(12)49)36(61-34-31(56)28(53)27(52)29(54)32(34)57)60-33-8-2-1-5(14(39)15(40)7(2)19(44)30(33)55)17(42)23(48)18(43)6(1)16(41)20(8)45.